The number of nitrogens with zero attached hydrogens (tertiary/aromatic N) is 1. The average molecular weight is 732 g/mol. The van der Waals surface area contributed by atoms with Crippen molar-refractivity contribution in [3.05, 3.63) is 129 Å². The maximum Gasteiger partial charge on any atom is 0.419 e. The Labute approximate surface area is 311 Å². The average Bonchev–Trinajstić information content (AvgIpc) is 3.48. The number of unbranched alkanes of at least 4 members (excludes halogenated alkanes) is 1. The summed E-state index contributed by atoms with van der Waals surface area (Å²) in [4.78, 5) is 40.2. The van der Waals surface area contributed by atoms with Gasteiger partial charge >= 0.3 is 11.8 Å². The number of phenolic OH excluding ortho intramolecular Hbond substituents is 1. The number of nitrogens with two attached hydrogens (primary N) is 1. The minimum atomic E-state index is -0.894. The number of amides is 1. The molecule has 1 aliphatic rings. The van der Waals surface area contributed by atoms with Gasteiger partial charge in [0.1, 0.15) is 11.9 Å². The van der Waals surface area contributed by atoms with Crippen molar-refractivity contribution in [1.29, 1.82) is 0 Å². The third-order valence-electron chi connectivity index (χ3n) is 10.2. The van der Waals surface area contributed by atoms with Crippen LogP contribution in [-0.4, -0.2) is 44.5 Å². The van der Waals surface area contributed by atoms with Crippen molar-refractivity contribution in [1.82, 2.24) is 14.9 Å². The molecular formula is C42H45N5O7. The Morgan fingerprint density at radius 3 is 2.56 bits per heavy atom. The lowest BCUT2D eigenvalue weighted by Crippen LogP contribution is -2.32. The van der Waals surface area contributed by atoms with E-state index in [1.165, 1.54) is 12.1 Å². The van der Waals surface area contributed by atoms with Crippen LogP contribution in [0.25, 0.3) is 33.1 Å². The number of fused-ring (bicyclic) bond motifs is 2. The van der Waals surface area contributed by atoms with Crippen molar-refractivity contribution >= 4 is 33.8 Å². The molecule has 6 aromatic rings. The molecule has 1 atom stereocenters. The van der Waals surface area contributed by atoms with Gasteiger partial charge in [-0.2, -0.15) is 0 Å². The van der Waals surface area contributed by atoms with Crippen LogP contribution in [0, 0.1) is 0 Å². The standard InChI is InChI=1S/C42H45N5O7/c43-29-11-13-30(14-12-29)53-41(51)45-34-22-26(9-15-31(34)28-7-2-1-3-8-28)6-4-5-21-47-35-18-10-27(23-38(35)54-42(47)52)24-44-25-37(49)32-16-19-36(48)40-33(32)17-20-39(50)46-40/h1-3,7-10,15-20,22-23,29-30,37,44,48-49H,4-6,11-14,21,24-25,43H2,(H,45,51)(H,46,50)/t29-,30-,37-/m0/s1. The van der Waals surface area contributed by atoms with Gasteiger partial charge in [0.05, 0.1) is 22.8 Å². The number of aromatic hydroxyl groups is 1. The minimum Gasteiger partial charge on any atom is -0.506 e. The maximum atomic E-state index is 13.0. The first-order chi connectivity index (χ1) is 26.2. The summed E-state index contributed by atoms with van der Waals surface area (Å²) < 4.78 is 13.0. The minimum absolute atomic E-state index is 0.0644. The van der Waals surface area contributed by atoms with E-state index in [1.54, 1.807) is 16.7 Å². The van der Waals surface area contributed by atoms with Crippen molar-refractivity contribution in [2.24, 2.45) is 5.73 Å². The molecule has 4 aromatic carbocycles. The molecule has 0 radical (unpaired) electrons. The number of anilines is 1. The van der Waals surface area contributed by atoms with E-state index < -0.39 is 18.0 Å². The molecule has 1 fully saturated rings. The van der Waals surface area contributed by atoms with Crippen LogP contribution in [0.15, 0.2) is 105 Å². The lowest BCUT2D eigenvalue weighted by atomic mass is 9.94. The first kappa shape index (κ1) is 36.7. The number of hydrogen-bond acceptors (Lipinski definition) is 9. The molecule has 2 aromatic heterocycles. The van der Waals surface area contributed by atoms with Crippen molar-refractivity contribution in [2.45, 2.75) is 76.3 Å². The van der Waals surface area contributed by atoms with Crippen LogP contribution < -0.4 is 27.7 Å². The summed E-state index contributed by atoms with van der Waals surface area (Å²) in [7, 11) is 0. The number of aryl methyl sites for hydroxylation is 2. The molecule has 7 N–H and O–H groups in total. The Kier molecular flexibility index (Phi) is 11.2. The third kappa shape index (κ3) is 8.57. The second kappa shape index (κ2) is 16.5. The number of H-pyrrole nitrogens is 1. The highest BCUT2D eigenvalue weighted by molar-refractivity contribution is 5.92. The summed E-state index contributed by atoms with van der Waals surface area (Å²) >= 11 is 0. The zero-order valence-electron chi connectivity index (χ0n) is 29.9. The number of benzene rings is 4. The van der Waals surface area contributed by atoms with Crippen LogP contribution in [0.2, 0.25) is 0 Å². The zero-order valence-corrected chi connectivity index (χ0v) is 29.9. The molecule has 0 spiro atoms. The first-order valence-electron chi connectivity index (χ1n) is 18.5. The predicted molar refractivity (Wildman–Crippen MR) is 209 cm³/mol. The number of pyridine rings is 1. The van der Waals surface area contributed by atoms with Gasteiger partial charge in [-0.25, -0.2) is 9.59 Å². The maximum absolute atomic E-state index is 13.0. The Morgan fingerprint density at radius 2 is 1.74 bits per heavy atom. The first-order valence-corrected chi connectivity index (χ1v) is 18.5. The van der Waals surface area contributed by atoms with Gasteiger partial charge in [0.25, 0.3) is 0 Å². The number of oxazole rings is 1. The number of phenols is 1. The van der Waals surface area contributed by atoms with E-state index in [0.29, 0.717) is 40.8 Å². The molecule has 0 bridgehead atoms. The number of carbonyl (C=O) groups is 1. The number of aromatic amines is 1. The molecular weight excluding hydrogens is 686 g/mol. The van der Waals surface area contributed by atoms with E-state index in [1.807, 2.05) is 60.7 Å². The van der Waals surface area contributed by atoms with Gasteiger partial charge in [-0.05, 0) is 97.5 Å². The zero-order chi connectivity index (χ0) is 37.6. The Morgan fingerprint density at radius 1 is 0.944 bits per heavy atom. The van der Waals surface area contributed by atoms with E-state index in [2.05, 4.69) is 21.7 Å². The van der Waals surface area contributed by atoms with Crippen LogP contribution in [-0.2, 0) is 24.2 Å². The fourth-order valence-corrected chi connectivity index (χ4v) is 7.26. The van der Waals surface area contributed by atoms with Gasteiger partial charge in [0, 0.05) is 42.7 Å². The van der Waals surface area contributed by atoms with Crippen molar-refractivity contribution in [2.75, 3.05) is 11.9 Å². The number of carbonyl (C=O) groups excluding carboxylic acids is 1. The van der Waals surface area contributed by atoms with Crippen molar-refractivity contribution in [3.63, 3.8) is 0 Å². The lowest BCUT2D eigenvalue weighted by Gasteiger charge is -2.26. The topological polar surface area (TPSA) is 185 Å². The van der Waals surface area contributed by atoms with Crippen LogP contribution in [0.5, 0.6) is 5.75 Å². The summed E-state index contributed by atoms with van der Waals surface area (Å²) in [5.74, 6) is -0.481. The van der Waals surface area contributed by atoms with E-state index in [0.717, 1.165) is 67.2 Å². The molecule has 54 heavy (non-hydrogen) atoms. The highest BCUT2D eigenvalue weighted by Crippen LogP contribution is 2.31. The number of aliphatic hydroxyl groups excluding tert-OH is 1. The largest absolute Gasteiger partial charge is 0.506 e. The third-order valence-corrected chi connectivity index (χ3v) is 10.2. The van der Waals surface area contributed by atoms with Gasteiger partial charge in [0.2, 0.25) is 5.56 Å². The normalized spacial score (nSPS) is 16.4. The molecule has 0 aliphatic heterocycles. The number of rotatable bonds is 13. The van der Waals surface area contributed by atoms with Crippen LogP contribution in [0.3, 0.4) is 0 Å². The number of nitrogens with one attached hydrogen (secondary N) is 3. The van der Waals surface area contributed by atoms with Gasteiger partial charge in [-0.15, -0.1) is 0 Å². The van der Waals surface area contributed by atoms with Crippen molar-refractivity contribution in [3.8, 4) is 16.9 Å². The molecule has 1 aliphatic carbocycles. The molecule has 1 amide bonds. The van der Waals surface area contributed by atoms with E-state index in [4.69, 9.17) is 14.9 Å². The number of hydrogen-bond donors (Lipinski definition) is 6. The number of ether oxygens (including phenoxy) is 1. The van der Waals surface area contributed by atoms with Crippen LogP contribution in [0.4, 0.5) is 10.5 Å². The molecule has 7 rings (SSSR count). The SMILES string of the molecule is N[C@H]1CC[C@H](OC(=O)Nc2cc(CCCCn3c(=O)oc4cc(CNC[C@H](O)c5ccc(O)c6[nH]c(=O)ccc56)ccc43)ccc2-c2ccccc2)CC1. The van der Waals surface area contributed by atoms with E-state index in [-0.39, 0.29) is 35.5 Å². The predicted octanol–water partition coefficient (Wildman–Crippen LogP) is 6.47. The molecule has 12 heteroatoms. The fraction of sp³-hybridized carbons (Fsp3) is 0.310. The van der Waals surface area contributed by atoms with Crippen molar-refractivity contribution < 1.29 is 24.2 Å². The van der Waals surface area contributed by atoms with Gasteiger partial charge in [0.15, 0.2) is 5.58 Å². The van der Waals surface area contributed by atoms with Gasteiger partial charge in [-0.3, -0.25) is 14.7 Å². The Balaban J connectivity index is 0.945. The van der Waals surface area contributed by atoms with Gasteiger partial charge in [-0.1, -0.05) is 54.6 Å². The van der Waals surface area contributed by atoms with Gasteiger partial charge < -0.3 is 35.4 Å². The Bertz CT molecular complexity index is 2360. The molecule has 12 nitrogen and oxygen atoms in total. The molecule has 2 heterocycles. The molecule has 1 saturated carbocycles. The summed E-state index contributed by atoms with van der Waals surface area (Å²) in [6.45, 7) is 1.13. The highest BCUT2D eigenvalue weighted by atomic mass is 16.6. The molecule has 0 unspecified atom stereocenters. The summed E-state index contributed by atoms with van der Waals surface area (Å²) in [6, 6.07) is 27.8. The second-order valence-corrected chi connectivity index (χ2v) is 14.0. The molecule has 0 saturated heterocycles. The smallest absolute Gasteiger partial charge is 0.419 e. The Hall–Kier alpha value is -5.69. The highest BCUT2D eigenvalue weighted by Gasteiger charge is 2.22. The lowest BCUT2D eigenvalue weighted by molar-refractivity contribution is 0.0826. The summed E-state index contributed by atoms with van der Waals surface area (Å²) in [5.41, 5.74) is 12.3. The monoisotopic (exact) mass is 731 g/mol. The fourth-order valence-electron chi connectivity index (χ4n) is 7.26. The number of aromatic nitrogens is 2. The summed E-state index contributed by atoms with van der Waals surface area (Å²) in [5, 5.41) is 27.8. The van der Waals surface area contributed by atoms with E-state index >= 15 is 0 Å². The second-order valence-electron chi connectivity index (χ2n) is 14.0. The van der Waals surface area contributed by atoms with Crippen LogP contribution in [0.1, 0.15) is 61.3 Å². The van der Waals surface area contributed by atoms with E-state index in [9.17, 15) is 24.6 Å². The quantitative estimate of drug-likeness (QED) is 0.0725. The summed E-state index contributed by atoms with van der Waals surface area (Å²) in [6.07, 6.45) is 4.06. The number of aliphatic hydroxyl groups is 1. The molecule has 280 valence electrons. The van der Waals surface area contributed by atoms with Crippen LogP contribution >= 0.6 is 0 Å².